The van der Waals surface area contributed by atoms with Crippen LogP contribution in [0.15, 0.2) is 4.79 Å². The van der Waals surface area contributed by atoms with E-state index in [1.165, 1.54) is 9.36 Å². The molecule has 0 saturated heterocycles. The number of aryl methyl sites for hydroxylation is 2. The van der Waals surface area contributed by atoms with Crippen molar-refractivity contribution in [2.45, 2.75) is 40.2 Å². The molecule has 0 aliphatic rings. The first-order valence-electron chi connectivity index (χ1n) is 4.72. The minimum Gasteiger partial charge on any atom is -0.244 e. The van der Waals surface area contributed by atoms with Gasteiger partial charge in [0.15, 0.2) is 0 Å². The van der Waals surface area contributed by atoms with Crippen molar-refractivity contribution in [1.29, 1.82) is 0 Å². The zero-order chi connectivity index (χ0) is 10.3. The number of tetrazole rings is 1. The second-order valence-corrected chi connectivity index (χ2v) is 2.46. The number of hydrogen-bond donors (Lipinski definition) is 0. The first kappa shape index (κ1) is 11.9. The number of aromatic nitrogens is 4. The van der Waals surface area contributed by atoms with Gasteiger partial charge in [0.05, 0.1) is 0 Å². The van der Waals surface area contributed by atoms with Gasteiger partial charge in [-0.05, 0) is 16.8 Å². The van der Waals surface area contributed by atoms with Gasteiger partial charge in [-0.25, -0.2) is 4.79 Å². The summed E-state index contributed by atoms with van der Waals surface area (Å²) in [7, 11) is 1.60. The van der Waals surface area contributed by atoms with Crippen LogP contribution < -0.4 is 5.69 Å². The minimum absolute atomic E-state index is 0.140. The molecule has 0 atom stereocenters. The maximum Gasteiger partial charge on any atom is 0.363 e. The normalized spacial score (nSPS) is 9.23. The summed E-state index contributed by atoms with van der Waals surface area (Å²) in [5, 5.41) is 7.26. The number of rotatable bonds is 3. The van der Waals surface area contributed by atoms with Crippen LogP contribution in [-0.4, -0.2) is 19.8 Å². The fraction of sp³-hybridized carbons (Fsp3) is 0.875. The van der Waals surface area contributed by atoms with Crippen LogP contribution in [0.1, 0.15) is 33.6 Å². The van der Waals surface area contributed by atoms with Crippen molar-refractivity contribution in [2.75, 3.05) is 0 Å². The lowest BCUT2D eigenvalue weighted by molar-refractivity contribution is 0.540. The monoisotopic (exact) mass is 186 g/mol. The Morgan fingerprint density at radius 2 is 1.92 bits per heavy atom. The van der Waals surface area contributed by atoms with Crippen LogP contribution in [0.5, 0.6) is 0 Å². The molecular weight excluding hydrogens is 168 g/mol. The van der Waals surface area contributed by atoms with Gasteiger partial charge in [0.1, 0.15) is 0 Å². The van der Waals surface area contributed by atoms with E-state index in [1.807, 2.05) is 13.8 Å². The SMILES string of the molecule is CC.CCCCn1nnn(C)c1=O. The molecule has 76 valence electrons. The molecular formula is C8H18N4O. The van der Waals surface area contributed by atoms with Crippen molar-refractivity contribution in [3.05, 3.63) is 10.5 Å². The molecule has 1 aromatic rings. The molecule has 0 aromatic carbocycles. The molecule has 0 N–H and O–H groups in total. The van der Waals surface area contributed by atoms with Crippen LogP contribution in [0, 0.1) is 0 Å². The van der Waals surface area contributed by atoms with E-state index < -0.39 is 0 Å². The summed E-state index contributed by atoms with van der Waals surface area (Å²) in [5.74, 6) is 0. The summed E-state index contributed by atoms with van der Waals surface area (Å²) in [4.78, 5) is 11.1. The maximum absolute atomic E-state index is 11.1. The number of hydrogen-bond acceptors (Lipinski definition) is 3. The Morgan fingerprint density at radius 3 is 2.31 bits per heavy atom. The van der Waals surface area contributed by atoms with E-state index in [1.54, 1.807) is 7.05 Å². The Morgan fingerprint density at radius 1 is 1.31 bits per heavy atom. The Kier molecular flexibility index (Phi) is 5.84. The topological polar surface area (TPSA) is 52.7 Å². The highest BCUT2D eigenvalue weighted by Crippen LogP contribution is 1.87. The van der Waals surface area contributed by atoms with E-state index in [4.69, 9.17) is 0 Å². The standard InChI is InChI=1S/C6H12N4O.C2H6/c1-3-4-5-10-6(11)9(2)7-8-10;1-2/h3-5H2,1-2H3;1-2H3. The second-order valence-electron chi connectivity index (χ2n) is 2.46. The summed E-state index contributed by atoms with van der Waals surface area (Å²) >= 11 is 0. The average Bonchev–Trinajstić information content (AvgIpc) is 2.48. The third-order valence-electron chi connectivity index (χ3n) is 1.50. The smallest absolute Gasteiger partial charge is 0.244 e. The van der Waals surface area contributed by atoms with Crippen LogP contribution in [0.4, 0.5) is 0 Å². The zero-order valence-corrected chi connectivity index (χ0v) is 8.82. The van der Waals surface area contributed by atoms with E-state index >= 15 is 0 Å². The molecule has 0 spiro atoms. The van der Waals surface area contributed by atoms with Crippen molar-refractivity contribution in [1.82, 2.24) is 19.8 Å². The van der Waals surface area contributed by atoms with Crippen molar-refractivity contribution >= 4 is 0 Å². The molecule has 5 nitrogen and oxygen atoms in total. The Labute approximate surface area is 78.3 Å². The third kappa shape index (κ3) is 3.40. The summed E-state index contributed by atoms with van der Waals surface area (Å²) < 4.78 is 2.61. The summed E-state index contributed by atoms with van der Waals surface area (Å²) in [5.41, 5.74) is -0.140. The zero-order valence-electron chi connectivity index (χ0n) is 8.82. The van der Waals surface area contributed by atoms with Gasteiger partial charge < -0.3 is 0 Å². The second kappa shape index (κ2) is 6.39. The highest BCUT2D eigenvalue weighted by atomic mass is 16.2. The lowest BCUT2D eigenvalue weighted by atomic mass is 10.3. The van der Waals surface area contributed by atoms with Crippen LogP contribution in [0.2, 0.25) is 0 Å². The molecule has 0 aliphatic heterocycles. The Balaban J connectivity index is 0.000000671. The van der Waals surface area contributed by atoms with Gasteiger partial charge in [0, 0.05) is 13.6 Å². The molecule has 5 heteroatoms. The largest absolute Gasteiger partial charge is 0.363 e. The fourth-order valence-electron chi connectivity index (χ4n) is 0.800. The van der Waals surface area contributed by atoms with Gasteiger partial charge in [-0.2, -0.15) is 9.36 Å². The van der Waals surface area contributed by atoms with E-state index in [0.717, 1.165) is 12.8 Å². The molecule has 1 rings (SSSR count). The van der Waals surface area contributed by atoms with E-state index in [2.05, 4.69) is 17.4 Å². The average molecular weight is 186 g/mol. The van der Waals surface area contributed by atoms with Gasteiger partial charge in [0.25, 0.3) is 0 Å². The van der Waals surface area contributed by atoms with Crippen LogP contribution in [0.3, 0.4) is 0 Å². The lowest BCUT2D eigenvalue weighted by Gasteiger charge is -1.92. The van der Waals surface area contributed by atoms with Crippen molar-refractivity contribution in [3.8, 4) is 0 Å². The van der Waals surface area contributed by atoms with E-state index in [-0.39, 0.29) is 5.69 Å². The molecule has 0 fully saturated rings. The van der Waals surface area contributed by atoms with Crippen molar-refractivity contribution < 1.29 is 0 Å². The van der Waals surface area contributed by atoms with Gasteiger partial charge in [-0.1, -0.05) is 27.2 Å². The van der Waals surface area contributed by atoms with Crippen molar-refractivity contribution in [2.24, 2.45) is 7.05 Å². The maximum atomic E-state index is 11.1. The van der Waals surface area contributed by atoms with Crippen molar-refractivity contribution in [3.63, 3.8) is 0 Å². The molecule has 0 bridgehead atoms. The highest BCUT2D eigenvalue weighted by molar-refractivity contribution is 4.54. The van der Waals surface area contributed by atoms with Gasteiger partial charge in [-0.3, -0.25) is 0 Å². The predicted octanol–water partition coefficient (Wildman–Crippen LogP) is 0.803. The molecule has 13 heavy (non-hydrogen) atoms. The quantitative estimate of drug-likeness (QED) is 0.701. The molecule has 0 saturated carbocycles. The fourth-order valence-corrected chi connectivity index (χ4v) is 0.800. The first-order chi connectivity index (χ1) is 6.25. The lowest BCUT2D eigenvalue weighted by Crippen LogP contribution is -2.23. The van der Waals surface area contributed by atoms with E-state index in [9.17, 15) is 4.79 Å². The highest BCUT2D eigenvalue weighted by Gasteiger charge is 2.00. The first-order valence-corrected chi connectivity index (χ1v) is 4.72. The van der Waals surface area contributed by atoms with Gasteiger partial charge >= 0.3 is 5.69 Å². The van der Waals surface area contributed by atoms with Gasteiger partial charge in [-0.15, -0.1) is 0 Å². The predicted molar refractivity (Wildman–Crippen MR) is 51.5 cm³/mol. The molecule has 0 unspecified atom stereocenters. The van der Waals surface area contributed by atoms with Crippen LogP contribution >= 0.6 is 0 Å². The molecule has 0 amide bonds. The van der Waals surface area contributed by atoms with Gasteiger partial charge in [0.2, 0.25) is 0 Å². The number of unbranched alkanes of at least 4 members (excludes halogenated alkanes) is 1. The summed E-state index contributed by atoms with van der Waals surface area (Å²) in [6, 6.07) is 0. The van der Waals surface area contributed by atoms with Crippen LogP contribution in [-0.2, 0) is 13.6 Å². The Hall–Kier alpha value is -1.13. The third-order valence-corrected chi connectivity index (χ3v) is 1.50. The molecule has 0 aliphatic carbocycles. The Bertz CT molecular complexity index is 276. The summed E-state index contributed by atoms with van der Waals surface area (Å²) in [6.07, 6.45) is 2.03. The van der Waals surface area contributed by atoms with Crippen LogP contribution in [0.25, 0.3) is 0 Å². The number of nitrogens with zero attached hydrogens (tertiary/aromatic N) is 4. The molecule has 0 radical (unpaired) electrons. The molecule has 1 heterocycles. The summed E-state index contributed by atoms with van der Waals surface area (Å²) in [6.45, 7) is 6.74. The molecule has 1 aromatic heterocycles. The van der Waals surface area contributed by atoms with E-state index in [0.29, 0.717) is 6.54 Å². The minimum atomic E-state index is -0.140.